The quantitative estimate of drug-likeness (QED) is 0.325. The highest BCUT2D eigenvalue weighted by molar-refractivity contribution is 5.92. The van der Waals surface area contributed by atoms with E-state index in [4.69, 9.17) is 4.74 Å². The molecule has 43 heavy (non-hydrogen) atoms. The average molecular weight is 592 g/mol. The number of ether oxygens (including phenoxy) is 1. The maximum Gasteiger partial charge on any atom is 0.417 e. The zero-order valence-electron chi connectivity index (χ0n) is 23.2. The van der Waals surface area contributed by atoms with Gasteiger partial charge in [-0.2, -0.15) is 18.4 Å². The summed E-state index contributed by atoms with van der Waals surface area (Å²) < 4.78 is 48.6. The molecule has 0 radical (unpaired) electrons. The highest BCUT2D eigenvalue weighted by Gasteiger charge is 2.35. The lowest BCUT2D eigenvalue weighted by atomic mass is 9.81. The predicted molar refractivity (Wildman–Crippen MR) is 153 cm³/mol. The molecule has 1 aliphatic rings. The Kier molecular flexibility index (Phi) is 8.34. The van der Waals surface area contributed by atoms with Crippen LogP contribution in [0.3, 0.4) is 0 Å². The Morgan fingerprint density at radius 3 is 2.40 bits per heavy atom. The number of halogens is 3. The van der Waals surface area contributed by atoms with Crippen LogP contribution in [0.2, 0.25) is 0 Å². The van der Waals surface area contributed by atoms with Gasteiger partial charge in [0, 0.05) is 30.5 Å². The van der Waals surface area contributed by atoms with Gasteiger partial charge in [-0.3, -0.25) is 23.7 Å². The SMILES string of the molecule is COc1cccc2c1c(=O)n(CC1CCC(C(=O)Nc3ccncc3)CC1)c(=O)n2Cc1cccc(C(F)(F)F)c1C#N. The summed E-state index contributed by atoms with van der Waals surface area (Å²) in [6.07, 6.45) is 0.735. The minimum atomic E-state index is -4.76. The van der Waals surface area contributed by atoms with Gasteiger partial charge in [-0.15, -0.1) is 0 Å². The van der Waals surface area contributed by atoms with Crippen molar-refractivity contribution in [3.63, 3.8) is 0 Å². The van der Waals surface area contributed by atoms with Crippen LogP contribution in [0, 0.1) is 23.2 Å². The van der Waals surface area contributed by atoms with Crippen molar-refractivity contribution in [1.82, 2.24) is 14.1 Å². The molecule has 1 amide bonds. The smallest absolute Gasteiger partial charge is 0.417 e. The molecule has 2 heterocycles. The minimum Gasteiger partial charge on any atom is -0.496 e. The molecule has 1 saturated carbocycles. The molecule has 12 heteroatoms. The van der Waals surface area contributed by atoms with E-state index < -0.39 is 28.6 Å². The predicted octanol–water partition coefficient (Wildman–Crippen LogP) is 4.95. The molecule has 4 aromatic rings. The van der Waals surface area contributed by atoms with Crippen molar-refractivity contribution in [2.75, 3.05) is 12.4 Å². The summed E-state index contributed by atoms with van der Waals surface area (Å²) in [6.45, 7) is -0.296. The second-order valence-corrected chi connectivity index (χ2v) is 10.5. The van der Waals surface area contributed by atoms with Gasteiger partial charge in [0.1, 0.15) is 17.2 Å². The molecule has 5 rings (SSSR count). The molecule has 2 aromatic carbocycles. The summed E-state index contributed by atoms with van der Waals surface area (Å²) in [7, 11) is 1.38. The van der Waals surface area contributed by atoms with Crippen LogP contribution in [0.1, 0.15) is 42.4 Å². The summed E-state index contributed by atoms with van der Waals surface area (Å²) >= 11 is 0. The van der Waals surface area contributed by atoms with Crippen LogP contribution in [-0.4, -0.2) is 27.1 Å². The van der Waals surface area contributed by atoms with E-state index in [9.17, 15) is 32.8 Å². The maximum absolute atomic E-state index is 13.8. The summed E-state index contributed by atoms with van der Waals surface area (Å²) in [4.78, 5) is 44.2. The Morgan fingerprint density at radius 1 is 1.05 bits per heavy atom. The van der Waals surface area contributed by atoms with Crippen molar-refractivity contribution in [3.8, 4) is 11.8 Å². The van der Waals surface area contributed by atoms with Crippen LogP contribution in [0.15, 0.2) is 70.5 Å². The zero-order valence-corrected chi connectivity index (χ0v) is 23.2. The van der Waals surface area contributed by atoms with Crippen molar-refractivity contribution >= 4 is 22.5 Å². The number of pyridine rings is 1. The van der Waals surface area contributed by atoms with E-state index in [2.05, 4.69) is 10.3 Å². The van der Waals surface area contributed by atoms with E-state index in [-0.39, 0.29) is 53.0 Å². The summed E-state index contributed by atoms with van der Waals surface area (Å²) in [5.74, 6) is -0.195. The number of carbonyl (C=O) groups is 1. The molecule has 222 valence electrons. The van der Waals surface area contributed by atoms with Gasteiger partial charge < -0.3 is 10.1 Å². The summed E-state index contributed by atoms with van der Waals surface area (Å²) in [5.41, 5.74) is -2.13. The summed E-state index contributed by atoms with van der Waals surface area (Å²) in [6, 6.07) is 13.1. The molecular weight excluding hydrogens is 563 g/mol. The van der Waals surface area contributed by atoms with Gasteiger partial charge in [0.15, 0.2) is 0 Å². The number of nitrogens with zero attached hydrogens (tertiary/aromatic N) is 4. The molecule has 1 N–H and O–H groups in total. The zero-order chi connectivity index (χ0) is 30.7. The van der Waals surface area contributed by atoms with Crippen molar-refractivity contribution in [2.24, 2.45) is 11.8 Å². The lowest BCUT2D eigenvalue weighted by Gasteiger charge is -2.28. The maximum atomic E-state index is 13.8. The first-order valence-electron chi connectivity index (χ1n) is 13.7. The fourth-order valence-electron chi connectivity index (χ4n) is 5.73. The summed E-state index contributed by atoms with van der Waals surface area (Å²) in [5, 5.41) is 12.6. The number of aromatic nitrogens is 3. The number of nitriles is 1. The molecule has 0 unspecified atom stereocenters. The molecule has 0 atom stereocenters. The second kappa shape index (κ2) is 12.1. The first-order chi connectivity index (χ1) is 20.6. The van der Waals surface area contributed by atoms with Gasteiger partial charge >= 0.3 is 11.9 Å². The number of carbonyl (C=O) groups excluding carboxylic acids is 1. The lowest BCUT2D eigenvalue weighted by molar-refractivity contribution is -0.137. The van der Waals surface area contributed by atoms with Crippen molar-refractivity contribution in [1.29, 1.82) is 5.26 Å². The van der Waals surface area contributed by atoms with Gasteiger partial charge in [-0.05, 0) is 67.5 Å². The number of benzene rings is 2. The van der Waals surface area contributed by atoms with E-state index >= 15 is 0 Å². The molecule has 1 aliphatic carbocycles. The largest absolute Gasteiger partial charge is 0.496 e. The van der Waals surface area contributed by atoms with Crippen molar-refractivity contribution in [2.45, 2.75) is 44.9 Å². The Balaban J connectivity index is 1.47. The van der Waals surface area contributed by atoms with Crippen LogP contribution in [0.4, 0.5) is 18.9 Å². The highest BCUT2D eigenvalue weighted by Crippen LogP contribution is 2.34. The van der Waals surface area contributed by atoms with Crippen molar-refractivity contribution in [3.05, 3.63) is 98.5 Å². The first kappa shape index (κ1) is 29.6. The molecule has 2 aromatic heterocycles. The fourth-order valence-corrected chi connectivity index (χ4v) is 5.73. The van der Waals surface area contributed by atoms with E-state index in [1.165, 1.54) is 29.9 Å². The molecule has 0 saturated heterocycles. The lowest BCUT2D eigenvalue weighted by Crippen LogP contribution is -2.42. The minimum absolute atomic E-state index is 0.00513. The number of fused-ring (bicyclic) bond motifs is 1. The van der Waals surface area contributed by atoms with Crippen molar-refractivity contribution < 1.29 is 22.7 Å². The molecule has 0 spiro atoms. The third kappa shape index (κ3) is 6.02. The van der Waals surface area contributed by atoms with Gasteiger partial charge in [0.2, 0.25) is 5.91 Å². The Morgan fingerprint density at radius 2 is 1.74 bits per heavy atom. The van der Waals surface area contributed by atoms with Crippen LogP contribution in [-0.2, 0) is 24.1 Å². The second-order valence-electron chi connectivity index (χ2n) is 10.5. The number of amides is 1. The van der Waals surface area contributed by atoms with Crippen LogP contribution < -0.4 is 21.3 Å². The van der Waals surface area contributed by atoms with E-state index in [1.54, 1.807) is 42.7 Å². The van der Waals surface area contributed by atoms with E-state index in [1.807, 2.05) is 0 Å². The number of nitrogens with one attached hydrogen (secondary N) is 1. The number of anilines is 1. The number of hydrogen-bond acceptors (Lipinski definition) is 6. The number of alkyl halides is 3. The van der Waals surface area contributed by atoms with Gasteiger partial charge in [-0.25, -0.2) is 4.79 Å². The Bertz CT molecular complexity index is 1820. The third-order valence-corrected chi connectivity index (χ3v) is 7.94. The first-order valence-corrected chi connectivity index (χ1v) is 13.7. The monoisotopic (exact) mass is 591 g/mol. The van der Waals surface area contributed by atoms with Gasteiger partial charge in [0.25, 0.3) is 5.56 Å². The normalized spacial score (nSPS) is 16.9. The van der Waals surface area contributed by atoms with Gasteiger partial charge in [-0.1, -0.05) is 18.2 Å². The standard InChI is InChI=1S/C31H28F3N5O4/c1-43-26-7-3-6-25-27(26)29(41)39(17-19-8-10-20(11-9-19)28(40)37-22-12-14-36-15-13-22)30(42)38(25)18-21-4-2-5-24(23(21)16-35)31(32,33)34/h2-7,12-15,19-20H,8-11,17-18H2,1H3,(H,36,37,40). The van der Waals surface area contributed by atoms with Crippen LogP contribution in [0.25, 0.3) is 10.9 Å². The molecule has 1 fully saturated rings. The fraction of sp³-hybridized carbons (Fsp3) is 0.323. The molecular formula is C31H28F3N5O4. The van der Waals surface area contributed by atoms with Gasteiger partial charge in [0.05, 0.1) is 30.3 Å². The average Bonchev–Trinajstić information content (AvgIpc) is 3.01. The number of methoxy groups -OCH3 is 1. The van der Waals surface area contributed by atoms with Crippen LogP contribution in [0.5, 0.6) is 5.75 Å². The third-order valence-electron chi connectivity index (χ3n) is 7.94. The molecule has 0 aliphatic heterocycles. The Labute approximate surface area is 244 Å². The molecule has 0 bridgehead atoms. The number of hydrogen-bond donors (Lipinski definition) is 1. The van der Waals surface area contributed by atoms with Crippen LogP contribution >= 0.6 is 0 Å². The highest BCUT2D eigenvalue weighted by atomic mass is 19.4. The topological polar surface area (TPSA) is 119 Å². The molecule has 9 nitrogen and oxygen atoms in total. The van der Waals surface area contributed by atoms with E-state index in [0.29, 0.717) is 31.4 Å². The Hall–Kier alpha value is -4.92. The number of rotatable bonds is 7. The van der Waals surface area contributed by atoms with E-state index in [0.717, 1.165) is 10.6 Å².